The number of pyridine rings is 1. The highest BCUT2D eigenvalue weighted by atomic mass is 35.5. The Balaban J connectivity index is 0.000000158. The molecule has 13 aromatic rings. The first kappa shape index (κ1) is 106. The number of aryl methyl sites for hydroxylation is 1. The number of hydrogen-bond acceptors (Lipinski definition) is 33. The quantitative estimate of drug-likeness (QED) is 0.0142. The normalized spacial score (nSPS) is 14.3. The number of ether oxygens (including phenoxy) is 3. The summed E-state index contributed by atoms with van der Waals surface area (Å²) in [5, 5.41) is 41.7. The smallest absolute Gasteiger partial charge is 0.358 e. The second-order valence-corrected chi connectivity index (χ2v) is 47.8. The number of para-hydroxylation sites is 3. The zero-order valence-corrected chi connectivity index (χ0v) is 87.0. The van der Waals surface area contributed by atoms with Gasteiger partial charge in [-0.1, -0.05) is 88.9 Å². The number of rotatable bonds is 31. The van der Waals surface area contributed by atoms with Crippen molar-refractivity contribution >= 4 is 218 Å². The van der Waals surface area contributed by atoms with Crippen LogP contribution in [0.15, 0.2) is 207 Å². The number of anilines is 19. The minimum absolute atomic E-state index is 0.140. The van der Waals surface area contributed by atoms with Crippen LogP contribution in [0.2, 0.25) is 20.1 Å². The van der Waals surface area contributed by atoms with Gasteiger partial charge in [-0.3, -0.25) is 24.4 Å². The van der Waals surface area contributed by atoms with Crippen LogP contribution in [-0.4, -0.2) is 249 Å². The molecule has 0 spiro atoms. The summed E-state index contributed by atoms with van der Waals surface area (Å²) in [6.07, 6.45) is 16.4. The number of benzene rings is 7. The third-order valence-corrected chi connectivity index (χ3v) is 30.3. The molecule has 12 N–H and O–H groups in total. The van der Waals surface area contributed by atoms with E-state index in [4.69, 9.17) is 72.2 Å². The predicted molar refractivity (Wildman–Crippen MR) is 572 cm³/mol. The Morgan fingerprint density at radius 1 is 0.421 bits per heavy atom. The molecule has 140 heavy (non-hydrogen) atoms. The molecule has 0 radical (unpaired) electrons. The van der Waals surface area contributed by atoms with Gasteiger partial charge >= 0.3 is 7.60 Å². The molecule has 9 heterocycles. The van der Waals surface area contributed by atoms with Crippen LogP contribution in [0.1, 0.15) is 25.3 Å². The third kappa shape index (κ3) is 29.1. The van der Waals surface area contributed by atoms with Crippen molar-refractivity contribution in [2.75, 3.05) is 211 Å². The highest BCUT2D eigenvalue weighted by Gasteiger charge is 2.30. The summed E-state index contributed by atoms with van der Waals surface area (Å²) in [4.78, 5) is 79.3. The van der Waals surface area contributed by atoms with E-state index in [1.807, 2.05) is 97.9 Å². The van der Waals surface area contributed by atoms with Crippen molar-refractivity contribution in [1.82, 2.24) is 69.5 Å². The van der Waals surface area contributed by atoms with Crippen LogP contribution in [0, 0.1) is 6.92 Å². The highest BCUT2D eigenvalue weighted by molar-refractivity contribution is 7.71. The van der Waals surface area contributed by atoms with Gasteiger partial charge in [0.25, 0.3) is 0 Å². The summed E-state index contributed by atoms with van der Waals surface area (Å²) >= 11 is 31.1. The lowest BCUT2D eigenvalue weighted by Crippen LogP contribution is -2.52. The molecule has 1 unspecified atom stereocenters. The minimum Gasteiger partial charge on any atom is -0.495 e. The molecule has 3 fully saturated rings. The number of methoxy groups -OCH3 is 3. The molecule has 0 bridgehead atoms. The van der Waals surface area contributed by atoms with Crippen LogP contribution >= 0.6 is 87.0 Å². The van der Waals surface area contributed by atoms with Crippen molar-refractivity contribution in [3.63, 3.8) is 0 Å². The van der Waals surface area contributed by atoms with Crippen LogP contribution in [0.4, 0.5) is 110 Å². The number of nitrogens with one attached hydrogen (secondary N) is 9. The van der Waals surface area contributed by atoms with E-state index in [0.717, 1.165) is 140 Å². The van der Waals surface area contributed by atoms with Gasteiger partial charge in [-0.15, -0.1) is 11.6 Å². The zero-order valence-electron chi connectivity index (χ0n) is 79.6. The van der Waals surface area contributed by atoms with E-state index in [2.05, 4.69) is 153 Å². The largest absolute Gasteiger partial charge is 0.495 e. The van der Waals surface area contributed by atoms with Gasteiger partial charge in [0.2, 0.25) is 23.8 Å². The molecule has 44 heteroatoms. The summed E-state index contributed by atoms with van der Waals surface area (Å²) < 4.78 is 66.5. The van der Waals surface area contributed by atoms with E-state index in [1.165, 1.54) is 30.9 Å². The second-order valence-electron chi connectivity index (χ2n) is 34.7. The Kier molecular flexibility index (Phi) is 36.1. The molecular formula is C96H114Cl5N25O10P4. The lowest BCUT2D eigenvalue weighted by Gasteiger charge is -2.42. The minimum atomic E-state index is -4.50. The van der Waals surface area contributed by atoms with Crippen LogP contribution in [0.3, 0.4) is 0 Å². The Bertz CT molecular complexity index is 6670. The van der Waals surface area contributed by atoms with Gasteiger partial charge < -0.3 is 110 Å². The molecule has 0 aliphatic carbocycles. The summed E-state index contributed by atoms with van der Waals surface area (Å²) in [6, 6.07) is 46.8. The summed E-state index contributed by atoms with van der Waals surface area (Å²) in [6.45, 7) is 24.8. The maximum Gasteiger partial charge on any atom is 0.358 e. The number of piperazine rings is 2. The molecule has 3 saturated heterocycles. The van der Waals surface area contributed by atoms with Crippen molar-refractivity contribution in [3.05, 3.63) is 233 Å². The Morgan fingerprint density at radius 2 is 0.836 bits per heavy atom. The molecule has 7 aromatic carbocycles. The number of hydrogen-bond donors (Lipinski definition) is 12. The van der Waals surface area contributed by atoms with E-state index in [1.54, 1.807) is 142 Å². The summed E-state index contributed by atoms with van der Waals surface area (Å²) in [7, 11) is -2.81. The van der Waals surface area contributed by atoms with E-state index in [0.29, 0.717) is 108 Å². The number of piperidine rings is 1. The van der Waals surface area contributed by atoms with Gasteiger partial charge in [0.15, 0.2) is 23.3 Å². The number of halogens is 5. The van der Waals surface area contributed by atoms with E-state index < -0.39 is 34.6 Å². The van der Waals surface area contributed by atoms with Gasteiger partial charge in [0.05, 0.1) is 115 Å². The SMILES string of the molecule is COc1cc(N2CCC(N3CCN(C)CC3)CC2)ccc1Nc1ncc(Cl)c(Nc2ccccc2P(=O)(O)O)n1.COc1cc(N2CCN(C)CC2)ccc1Nc1ncc(Cl)c(Nc2cnccc2P(C)(C)=O)n1.COc1cc(P(C)(C)=O)ccc1Nc1ncc(Cl)c(Nc2ccccc2-c2cnccn2)n1.Cc1cc(NCC(C)(O)CCl)ccc1Nc1ncc(Cl)c(Nc2ccccc2P(C)(C)=O)n1. The first-order valence-electron chi connectivity index (χ1n) is 44.5. The molecule has 0 saturated carbocycles. The van der Waals surface area contributed by atoms with Crippen molar-refractivity contribution in [2.45, 2.75) is 38.3 Å². The van der Waals surface area contributed by atoms with E-state index in [9.17, 15) is 33.2 Å². The van der Waals surface area contributed by atoms with E-state index >= 15 is 0 Å². The maximum atomic E-state index is 12.7. The molecular weight excluding hydrogens is 1960 g/mol. The van der Waals surface area contributed by atoms with Crippen molar-refractivity contribution in [3.8, 4) is 28.5 Å². The molecule has 3 aliphatic rings. The molecule has 738 valence electrons. The fourth-order valence-electron chi connectivity index (χ4n) is 15.2. The van der Waals surface area contributed by atoms with Gasteiger partial charge in [-0.2, -0.15) is 19.9 Å². The number of aliphatic hydroxyl groups is 1. The van der Waals surface area contributed by atoms with Crippen LogP contribution in [0.5, 0.6) is 17.2 Å². The zero-order chi connectivity index (χ0) is 100. The monoisotopic (exact) mass is 2080 g/mol. The van der Waals surface area contributed by atoms with Crippen molar-refractivity contribution in [1.29, 1.82) is 0 Å². The number of alkyl halides is 1. The molecule has 0 amide bonds. The Hall–Kier alpha value is -11.6. The molecule has 35 nitrogen and oxygen atoms in total. The first-order chi connectivity index (χ1) is 66.8. The summed E-state index contributed by atoms with van der Waals surface area (Å²) in [5.41, 5.74) is 9.78. The number of likely N-dealkylation sites (N-methyl/N-ethyl adjacent to an activating group) is 2. The number of nitrogens with zero attached hydrogens (tertiary/aromatic N) is 16. The second kappa shape index (κ2) is 47.8. The van der Waals surface area contributed by atoms with Gasteiger partial charge in [0.1, 0.15) is 58.8 Å². The van der Waals surface area contributed by atoms with Gasteiger partial charge in [-0.25, -0.2) is 19.9 Å². The topological polar surface area (TPSA) is 423 Å². The van der Waals surface area contributed by atoms with Crippen molar-refractivity contribution in [2.24, 2.45) is 0 Å². The average molecular weight is 2080 g/mol. The van der Waals surface area contributed by atoms with Crippen molar-refractivity contribution < 1.29 is 47.4 Å². The Labute approximate surface area is 839 Å². The highest BCUT2D eigenvalue weighted by Crippen LogP contribution is 2.45. The lowest BCUT2D eigenvalue weighted by atomic mass is 10.0. The number of aromatic nitrogens is 11. The third-order valence-electron chi connectivity index (χ3n) is 22.9. The summed E-state index contributed by atoms with van der Waals surface area (Å²) in [5.74, 6) is 4.73. The molecule has 3 aliphatic heterocycles. The maximum absolute atomic E-state index is 12.7. The van der Waals surface area contributed by atoms with Gasteiger partial charge in [0, 0.05) is 159 Å². The lowest BCUT2D eigenvalue weighted by molar-refractivity contribution is 0.0981. The standard InChI is InChI=1S/C27H35ClN7O4P.C23H28Cl2N5O2P.C23H29ClN7O2P.C23H22ClN6O2P/c1-33-13-15-35(16-14-33)19-9-11-34(12-10-19)20-7-8-22(24(17-20)39-2)31-27-29-18-21(28)26(32-27)30-23-5-3-4-6-25(23)40(36,37)38;1-15-11-16(27-14-23(2,31)13-24)9-10-18(15)29-22-26-12-17(25)21(30-22)28-19-7-5-6-8-20(19)33(3,4)32;1-30-9-11-31(12-10-30)16-5-6-18(20(13-16)33-2)28-23-26-14-17(24)22(29-23)27-19-15-25-8-7-21(19)34(3,4)32;1-32-21-12-15(33(2,3)31)8-9-19(21)29-23-27-13-17(24)22(30-23)28-18-7-5-4-6-16(18)20-14-25-10-11-26-20/h3-8,17-19H,9-16H2,1-2H3,(H2,36,37,38)(H2,29,30,31,32);5-12,27,31H,13-14H2,1-4H3,(H2,26,28,29,30);5-8,13-15H,9-12H2,1-4H3,(H2,26,27,28,29);4-14H,1-3H3,(H2,27,28,29,30). The van der Waals surface area contributed by atoms with Crippen LogP contribution in [0.25, 0.3) is 11.3 Å². The van der Waals surface area contributed by atoms with Crippen LogP contribution < -0.4 is 93.1 Å². The average Bonchev–Trinajstić information content (AvgIpc) is 0.889. The van der Waals surface area contributed by atoms with Crippen LogP contribution in [-0.2, 0) is 18.3 Å². The Morgan fingerprint density at radius 3 is 1.30 bits per heavy atom. The first-order valence-corrected chi connectivity index (χ1v) is 56.0. The van der Waals surface area contributed by atoms with E-state index in [-0.39, 0.29) is 33.7 Å². The molecule has 1 atom stereocenters. The predicted octanol–water partition coefficient (Wildman–Crippen LogP) is 18.6. The van der Waals surface area contributed by atoms with Gasteiger partial charge in [-0.05, 0) is 183 Å². The fraction of sp³-hybridized carbons (Fsp3) is 0.302. The fourth-order valence-corrected chi connectivity index (χ4v) is 19.7. The molecule has 16 rings (SSSR count). The molecule has 6 aromatic heterocycles.